The highest BCUT2D eigenvalue weighted by Crippen LogP contribution is 2.25. The molecule has 1 fully saturated rings. The highest BCUT2D eigenvalue weighted by Gasteiger charge is 2.34. The minimum Gasteiger partial charge on any atom is -0.329 e. The van der Waals surface area contributed by atoms with Crippen LogP contribution in [0.25, 0.3) is 0 Å². The summed E-state index contributed by atoms with van der Waals surface area (Å²) in [5, 5.41) is 0. The molecule has 0 saturated carbocycles. The van der Waals surface area contributed by atoms with Crippen molar-refractivity contribution in [1.82, 2.24) is 4.31 Å². The monoisotopic (exact) mass is 268 g/mol. The predicted molar refractivity (Wildman–Crippen MR) is 71.8 cm³/mol. The molecule has 0 aromatic heterocycles. The lowest BCUT2D eigenvalue weighted by molar-refractivity contribution is 0.393. The summed E-state index contributed by atoms with van der Waals surface area (Å²) in [4.78, 5) is 0.375. The minimum absolute atomic E-state index is 0.0409. The van der Waals surface area contributed by atoms with Gasteiger partial charge in [-0.1, -0.05) is 19.1 Å². The van der Waals surface area contributed by atoms with Crippen LogP contribution in [0.5, 0.6) is 0 Å². The molecule has 1 aliphatic heterocycles. The zero-order valence-electron chi connectivity index (χ0n) is 10.7. The van der Waals surface area contributed by atoms with E-state index in [2.05, 4.69) is 6.92 Å². The summed E-state index contributed by atoms with van der Waals surface area (Å²) in [6, 6.07) is 7.10. The van der Waals surface area contributed by atoms with Crippen molar-refractivity contribution in [2.24, 2.45) is 5.73 Å². The van der Waals surface area contributed by atoms with Crippen molar-refractivity contribution in [3.63, 3.8) is 0 Å². The van der Waals surface area contributed by atoms with Crippen LogP contribution >= 0.6 is 0 Å². The molecule has 0 aliphatic carbocycles. The molecule has 5 heteroatoms. The van der Waals surface area contributed by atoms with Crippen molar-refractivity contribution in [2.75, 3.05) is 13.1 Å². The molecule has 1 heterocycles. The molecule has 100 valence electrons. The number of nitrogens with two attached hydrogens (primary N) is 1. The Hall–Kier alpha value is -0.910. The number of rotatable bonds is 4. The quantitative estimate of drug-likeness (QED) is 0.897. The average Bonchev–Trinajstić information content (AvgIpc) is 2.88. The summed E-state index contributed by atoms with van der Waals surface area (Å²) < 4.78 is 26.5. The lowest BCUT2D eigenvalue weighted by Crippen LogP contribution is -2.39. The molecule has 0 bridgehead atoms. The lowest BCUT2D eigenvalue weighted by atomic mass is 10.2. The fourth-order valence-electron chi connectivity index (χ4n) is 2.39. The first-order valence-corrected chi connectivity index (χ1v) is 7.84. The number of hydrogen-bond acceptors (Lipinski definition) is 3. The summed E-state index contributed by atoms with van der Waals surface area (Å²) in [6.07, 6.45) is 2.67. The summed E-state index contributed by atoms with van der Waals surface area (Å²) in [7, 11) is -3.37. The zero-order chi connectivity index (χ0) is 13.2. The first kappa shape index (κ1) is 13.5. The van der Waals surface area contributed by atoms with Gasteiger partial charge in [-0.05, 0) is 37.0 Å². The van der Waals surface area contributed by atoms with E-state index in [4.69, 9.17) is 5.73 Å². The number of nitrogens with zero attached hydrogens (tertiary/aromatic N) is 1. The summed E-state index contributed by atoms with van der Waals surface area (Å²) in [6.45, 7) is 3.03. The van der Waals surface area contributed by atoms with E-state index in [9.17, 15) is 8.42 Å². The van der Waals surface area contributed by atoms with Gasteiger partial charge >= 0.3 is 0 Å². The van der Waals surface area contributed by atoms with Crippen LogP contribution in [0, 0.1) is 0 Å². The average molecular weight is 268 g/mol. The van der Waals surface area contributed by atoms with Gasteiger partial charge in [-0.2, -0.15) is 4.31 Å². The molecule has 18 heavy (non-hydrogen) atoms. The third kappa shape index (κ3) is 2.43. The van der Waals surface area contributed by atoms with Gasteiger partial charge in [0.15, 0.2) is 0 Å². The van der Waals surface area contributed by atoms with E-state index in [0.717, 1.165) is 24.8 Å². The van der Waals surface area contributed by atoms with E-state index in [-0.39, 0.29) is 6.04 Å². The van der Waals surface area contributed by atoms with Crippen molar-refractivity contribution in [1.29, 1.82) is 0 Å². The SMILES string of the molecule is CCc1ccc(S(=O)(=O)N2CCC[C@H]2CN)cc1. The Bertz CT molecular complexity index is 496. The van der Waals surface area contributed by atoms with Gasteiger partial charge in [-0.25, -0.2) is 8.42 Å². The third-order valence-corrected chi connectivity index (χ3v) is 5.50. The normalized spacial score (nSPS) is 21.3. The Kier molecular flexibility index (Phi) is 4.04. The first-order chi connectivity index (χ1) is 8.59. The Morgan fingerprint density at radius 2 is 2.00 bits per heavy atom. The van der Waals surface area contributed by atoms with E-state index >= 15 is 0 Å². The molecular weight excluding hydrogens is 248 g/mol. The van der Waals surface area contributed by atoms with Crippen LogP contribution in [-0.4, -0.2) is 31.9 Å². The fourth-order valence-corrected chi connectivity index (χ4v) is 4.10. The van der Waals surface area contributed by atoms with Crippen molar-refractivity contribution in [3.05, 3.63) is 29.8 Å². The van der Waals surface area contributed by atoms with E-state index in [1.54, 1.807) is 16.4 Å². The molecule has 1 aliphatic rings. The van der Waals surface area contributed by atoms with Crippen LogP contribution in [0.2, 0.25) is 0 Å². The highest BCUT2D eigenvalue weighted by molar-refractivity contribution is 7.89. The maximum absolute atomic E-state index is 12.5. The molecule has 0 unspecified atom stereocenters. The van der Waals surface area contributed by atoms with Crippen LogP contribution < -0.4 is 5.73 Å². The molecule has 0 radical (unpaired) electrons. The van der Waals surface area contributed by atoms with Gasteiger partial charge in [0.2, 0.25) is 10.0 Å². The summed E-state index contributed by atoms with van der Waals surface area (Å²) in [5.74, 6) is 0. The topological polar surface area (TPSA) is 63.4 Å². The van der Waals surface area contributed by atoms with Crippen LogP contribution in [-0.2, 0) is 16.4 Å². The van der Waals surface area contributed by atoms with Crippen LogP contribution in [0.1, 0.15) is 25.3 Å². The second kappa shape index (κ2) is 5.38. The number of benzene rings is 1. The molecule has 0 amide bonds. The fraction of sp³-hybridized carbons (Fsp3) is 0.538. The van der Waals surface area contributed by atoms with Gasteiger partial charge in [0.25, 0.3) is 0 Å². The van der Waals surface area contributed by atoms with Crippen molar-refractivity contribution in [2.45, 2.75) is 37.1 Å². The smallest absolute Gasteiger partial charge is 0.243 e. The van der Waals surface area contributed by atoms with Crippen molar-refractivity contribution >= 4 is 10.0 Å². The lowest BCUT2D eigenvalue weighted by Gasteiger charge is -2.22. The third-order valence-electron chi connectivity index (χ3n) is 3.53. The van der Waals surface area contributed by atoms with Crippen LogP contribution in [0.15, 0.2) is 29.2 Å². The van der Waals surface area contributed by atoms with Crippen LogP contribution in [0.4, 0.5) is 0 Å². The van der Waals surface area contributed by atoms with E-state index < -0.39 is 10.0 Å². The minimum atomic E-state index is -3.37. The molecule has 2 N–H and O–H groups in total. The summed E-state index contributed by atoms with van der Waals surface area (Å²) in [5.41, 5.74) is 6.78. The molecule has 1 atom stereocenters. The van der Waals surface area contributed by atoms with Gasteiger partial charge < -0.3 is 5.73 Å². The first-order valence-electron chi connectivity index (χ1n) is 6.40. The maximum Gasteiger partial charge on any atom is 0.243 e. The second-order valence-electron chi connectivity index (χ2n) is 4.65. The summed E-state index contributed by atoms with van der Waals surface area (Å²) >= 11 is 0. The van der Waals surface area contributed by atoms with Gasteiger partial charge in [-0.3, -0.25) is 0 Å². The largest absolute Gasteiger partial charge is 0.329 e. The molecule has 2 rings (SSSR count). The number of hydrogen-bond donors (Lipinski definition) is 1. The van der Waals surface area contributed by atoms with Gasteiger partial charge in [0, 0.05) is 19.1 Å². The Morgan fingerprint density at radius 3 is 2.56 bits per heavy atom. The Labute approximate surface area is 109 Å². The number of aryl methyl sites for hydroxylation is 1. The van der Waals surface area contributed by atoms with E-state index in [0.29, 0.717) is 18.0 Å². The van der Waals surface area contributed by atoms with Gasteiger partial charge in [0.1, 0.15) is 0 Å². The van der Waals surface area contributed by atoms with E-state index in [1.165, 1.54) is 0 Å². The molecule has 1 aromatic carbocycles. The maximum atomic E-state index is 12.5. The second-order valence-corrected chi connectivity index (χ2v) is 6.54. The standard InChI is InChI=1S/C13H20N2O2S/c1-2-11-5-7-13(8-6-11)18(16,17)15-9-3-4-12(15)10-14/h5-8,12H,2-4,9-10,14H2,1H3/t12-/m0/s1. The predicted octanol–water partition coefficient (Wildman–Crippen LogP) is 1.36. The molecular formula is C13H20N2O2S. The molecule has 4 nitrogen and oxygen atoms in total. The Morgan fingerprint density at radius 1 is 1.33 bits per heavy atom. The van der Waals surface area contributed by atoms with Crippen molar-refractivity contribution < 1.29 is 8.42 Å². The van der Waals surface area contributed by atoms with Gasteiger partial charge in [0.05, 0.1) is 4.90 Å². The Balaban J connectivity index is 2.29. The molecule has 0 spiro atoms. The zero-order valence-corrected chi connectivity index (χ0v) is 11.5. The van der Waals surface area contributed by atoms with Crippen molar-refractivity contribution in [3.8, 4) is 0 Å². The highest BCUT2D eigenvalue weighted by atomic mass is 32.2. The molecule has 1 saturated heterocycles. The van der Waals surface area contributed by atoms with E-state index in [1.807, 2.05) is 12.1 Å². The molecule has 1 aromatic rings. The van der Waals surface area contributed by atoms with Gasteiger partial charge in [-0.15, -0.1) is 0 Å². The number of sulfonamides is 1. The van der Waals surface area contributed by atoms with Crippen LogP contribution in [0.3, 0.4) is 0 Å².